The number of hydrogen-bond donors (Lipinski definition) is 2. The van der Waals surface area contributed by atoms with Crippen LogP contribution in [0.1, 0.15) is 22.8 Å². The van der Waals surface area contributed by atoms with Crippen molar-refractivity contribution in [1.29, 1.82) is 0 Å². The highest BCUT2D eigenvalue weighted by molar-refractivity contribution is 6.31. The summed E-state index contributed by atoms with van der Waals surface area (Å²) in [4.78, 5) is 11.3. The Morgan fingerprint density at radius 3 is 2.85 bits per heavy atom. The van der Waals surface area contributed by atoms with Crippen LogP contribution < -0.4 is 5.32 Å². The maximum atomic E-state index is 13.8. The summed E-state index contributed by atoms with van der Waals surface area (Å²) in [5.74, 6) is -0.643. The molecule has 2 aromatic rings. The van der Waals surface area contributed by atoms with Crippen molar-refractivity contribution in [2.24, 2.45) is 0 Å². The maximum absolute atomic E-state index is 13.8. The van der Waals surface area contributed by atoms with Crippen LogP contribution in [0.3, 0.4) is 0 Å². The van der Waals surface area contributed by atoms with Crippen molar-refractivity contribution in [3.8, 4) is 0 Å². The first-order chi connectivity index (χ1) is 9.56. The Morgan fingerprint density at radius 1 is 1.30 bits per heavy atom. The summed E-state index contributed by atoms with van der Waals surface area (Å²) in [6, 6.07) is 9.32. The fourth-order valence-corrected chi connectivity index (χ4v) is 2.62. The quantitative estimate of drug-likeness (QED) is 0.893. The summed E-state index contributed by atoms with van der Waals surface area (Å²) in [6.45, 7) is 0. The molecule has 1 unspecified atom stereocenters. The van der Waals surface area contributed by atoms with Crippen LogP contribution in [0, 0.1) is 5.82 Å². The third-order valence-electron chi connectivity index (χ3n) is 3.34. The second-order valence-corrected chi connectivity index (χ2v) is 5.09. The van der Waals surface area contributed by atoms with Crippen LogP contribution in [0.25, 0.3) is 0 Å². The van der Waals surface area contributed by atoms with Crippen molar-refractivity contribution < 1.29 is 14.3 Å². The van der Waals surface area contributed by atoms with Gasteiger partial charge in [-0.05, 0) is 29.3 Å². The Kier molecular flexibility index (Phi) is 3.20. The van der Waals surface area contributed by atoms with Gasteiger partial charge in [0.05, 0.1) is 6.42 Å². The van der Waals surface area contributed by atoms with Crippen molar-refractivity contribution in [2.45, 2.75) is 12.5 Å². The summed E-state index contributed by atoms with van der Waals surface area (Å²) in [5.41, 5.74) is 2.07. The number of fused-ring (bicyclic) bond motifs is 1. The molecule has 0 aromatic heterocycles. The van der Waals surface area contributed by atoms with Gasteiger partial charge in [0.25, 0.3) is 0 Å². The maximum Gasteiger partial charge on any atom is 0.228 e. The van der Waals surface area contributed by atoms with Crippen LogP contribution in [0.2, 0.25) is 5.02 Å². The lowest BCUT2D eigenvalue weighted by Gasteiger charge is -2.15. The Bertz CT molecular complexity index is 682. The minimum atomic E-state index is -1.16. The Morgan fingerprint density at radius 2 is 2.10 bits per heavy atom. The monoisotopic (exact) mass is 291 g/mol. The number of amides is 1. The zero-order valence-electron chi connectivity index (χ0n) is 10.4. The normalized spacial score (nSPS) is 14.8. The van der Waals surface area contributed by atoms with E-state index in [1.54, 1.807) is 18.2 Å². The first kappa shape index (κ1) is 13.1. The van der Waals surface area contributed by atoms with Crippen LogP contribution in [0.4, 0.5) is 10.1 Å². The lowest BCUT2D eigenvalue weighted by Crippen LogP contribution is -2.04. The fourth-order valence-electron chi connectivity index (χ4n) is 2.36. The molecule has 3 nitrogen and oxygen atoms in total. The number of aliphatic hydroxyl groups excluding tert-OH is 1. The summed E-state index contributed by atoms with van der Waals surface area (Å²) in [5, 5.41) is 13.2. The number of rotatable bonds is 2. The first-order valence-electron chi connectivity index (χ1n) is 6.11. The van der Waals surface area contributed by atoms with Gasteiger partial charge >= 0.3 is 0 Å². The molecule has 1 aliphatic heterocycles. The Balaban J connectivity index is 2.02. The average molecular weight is 292 g/mol. The number of aliphatic hydroxyl groups is 1. The number of anilines is 1. The molecule has 0 bridgehead atoms. The molecule has 5 heteroatoms. The van der Waals surface area contributed by atoms with E-state index in [1.807, 2.05) is 0 Å². The van der Waals surface area contributed by atoms with E-state index < -0.39 is 11.9 Å². The number of carbonyl (C=O) groups is 1. The molecule has 102 valence electrons. The predicted molar refractivity (Wildman–Crippen MR) is 74.2 cm³/mol. The van der Waals surface area contributed by atoms with E-state index in [-0.39, 0.29) is 22.9 Å². The molecule has 0 spiro atoms. The van der Waals surface area contributed by atoms with Crippen molar-refractivity contribution in [1.82, 2.24) is 0 Å². The lowest BCUT2D eigenvalue weighted by molar-refractivity contribution is -0.115. The molecule has 20 heavy (non-hydrogen) atoms. The molecule has 0 radical (unpaired) electrons. The van der Waals surface area contributed by atoms with Gasteiger partial charge in [-0.3, -0.25) is 4.79 Å². The van der Waals surface area contributed by atoms with E-state index >= 15 is 0 Å². The van der Waals surface area contributed by atoms with Gasteiger partial charge in [-0.25, -0.2) is 4.39 Å². The van der Waals surface area contributed by atoms with E-state index in [9.17, 15) is 14.3 Å². The molecular weight excluding hydrogens is 281 g/mol. The third kappa shape index (κ3) is 2.17. The lowest BCUT2D eigenvalue weighted by atomic mass is 9.98. The van der Waals surface area contributed by atoms with Crippen LogP contribution in [-0.2, 0) is 11.2 Å². The van der Waals surface area contributed by atoms with E-state index in [1.165, 1.54) is 18.2 Å². The Hall–Kier alpha value is -1.91. The predicted octanol–water partition coefficient (Wildman–Crippen LogP) is 3.06. The fraction of sp³-hybridized carbons (Fsp3) is 0.133. The highest BCUT2D eigenvalue weighted by Crippen LogP contribution is 2.33. The molecule has 2 N–H and O–H groups in total. The van der Waals surface area contributed by atoms with Crippen LogP contribution in [-0.4, -0.2) is 11.0 Å². The smallest absolute Gasteiger partial charge is 0.228 e. The molecule has 1 heterocycles. The number of halogens is 2. The minimum absolute atomic E-state index is 0.0476. The van der Waals surface area contributed by atoms with Gasteiger partial charge in [0, 0.05) is 16.3 Å². The molecule has 1 amide bonds. The molecule has 0 aliphatic carbocycles. The van der Waals surface area contributed by atoms with Gasteiger partial charge in [-0.15, -0.1) is 0 Å². The SMILES string of the molecule is O=C1Cc2cc(C(O)c3c(F)cccc3Cl)ccc2N1. The number of hydrogen-bond acceptors (Lipinski definition) is 2. The summed E-state index contributed by atoms with van der Waals surface area (Å²) in [7, 11) is 0. The molecule has 0 saturated heterocycles. The van der Waals surface area contributed by atoms with Gasteiger partial charge in [0.2, 0.25) is 5.91 Å². The number of carbonyl (C=O) groups excluding carboxylic acids is 1. The van der Waals surface area contributed by atoms with Crippen molar-refractivity contribution in [2.75, 3.05) is 5.32 Å². The Labute approximate surface area is 120 Å². The second kappa shape index (κ2) is 4.89. The van der Waals surface area contributed by atoms with Crippen molar-refractivity contribution in [3.05, 3.63) is 63.9 Å². The molecule has 1 atom stereocenters. The molecule has 2 aromatic carbocycles. The van der Waals surface area contributed by atoms with Crippen molar-refractivity contribution >= 4 is 23.2 Å². The van der Waals surface area contributed by atoms with Gasteiger partial charge in [0.15, 0.2) is 0 Å². The first-order valence-corrected chi connectivity index (χ1v) is 6.48. The van der Waals surface area contributed by atoms with E-state index in [2.05, 4.69) is 5.32 Å². The number of benzene rings is 2. The highest BCUT2D eigenvalue weighted by Gasteiger charge is 2.22. The van der Waals surface area contributed by atoms with Crippen LogP contribution in [0.15, 0.2) is 36.4 Å². The van der Waals surface area contributed by atoms with E-state index in [0.29, 0.717) is 5.56 Å². The second-order valence-electron chi connectivity index (χ2n) is 4.68. The van der Waals surface area contributed by atoms with Gasteiger partial charge in [0.1, 0.15) is 11.9 Å². The zero-order valence-corrected chi connectivity index (χ0v) is 11.1. The van der Waals surface area contributed by atoms with Gasteiger partial charge in [-0.1, -0.05) is 29.8 Å². The summed E-state index contributed by atoms with van der Waals surface area (Å²) in [6.07, 6.45) is -0.898. The third-order valence-corrected chi connectivity index (χ3v) is 3.67. The molecule has 1 aliphatic rings. The van der Waals surface area contributed by atoms with Gasteiger partial charge < -0.3 is 10.4 Å². The number of nitrogens with one attached hydrogen (secondary N) is 1. The largest absolute Gasteiger partial charge is 0.383 e. The van der Waals surface area contributed by atoms with E-state index in [4.69, 9.17) is 11.6 Å². The van der Waals surface area contributed by atoms with Crippen LogP contribution in [0.5, 0.6) is 0 Å². The highest BCUT2D eigenvalue weighted by atomic mass is 35.5. The molecule has 3 rings (SSSR count). The topological polar surface area (TPSA) is 49.3 Å². The average Bonchev–Trinajstić information content (AvgIpc) is 2.77. The zero-order chi connectivity index (χ0) is 14.3. The summed E-state index contributed by atoms with van der Waals surface area (Å²) >= 11 is 5.95. The van der Waals surface area contributed by atoms with Gasteiger partial charge in [-0.2, -0.15) is 0 Å². The standard InChI is InChI=1S/C15H11ClFNO2/c16-10-2-1-3-11(17)14(10)15(20)8-4-5-12-9(6-8)7-13(19)18-12/h1-6,15,20H,7H2,(H,18,19). The molecule has 0 saturated carbocycles. The minimum Gasteiger partial charge on any atom is -0.383 e. The summed E-state index contributed by atoms with van der Waals surface area (Å²) < 4.78 is 13.8. The molecule has 0 fully saturated rings. The molecular formula is C15H11ClFNO2. The van der Waals surface area contributed by atoms with Crippen molar-refractivity contribution in [3.63, 3.8) is 0 Å². The van der Waals surface area contributed by atoms with E-state index in [0.717, 1.165) is 11.3 Å². The van der Waals surface area contributed by atoms with Crippen LogP contribution >= 0.6 is 11.6 Å².